The van der Waals surface area contributed by atoms with E-state index in [0.29, 0.717) is 29.5 Å². The predicted octanol–water partition coefficient (Wildman–Crippen LogP) is 3.92. The number of carbonyl (C=O) groups excluding carboxylic acids is 2. The smallest absolute Gasteiger partial charge is 0.253 e. The quantitative estimate of drug-likeness (QED) is 0.393. The Morgan fingerprint density at radius 1 is 1.16 bits per heavy atom. The Kier molecular flexibility index (Phi) is 7.61. The number of aromatic nitrogens is 3. The van der Waals surface area contributed by atoms with Gasteiger partial charge in [-0.25, -0.2) is 0 Å². The zero-order chi connectivity index (χ0) is 22.2. The third-order valence-corrected chi connectivity index (χ3v) is 5.46. The standard InChI is InChI=1S/C23H25N5O2S/c1-4-13-24-22(30)18-11-6-7-12-19(18)25-20(29)15-31-23-27-26-21(28(23)5-2)17-10-8-9-16(3)14-17/h4,6-12,14H,1,5,13,15H2,2-3H3,(H,24,30)(H,25,29). The maximum absolute atomic E-state index is 12.6. The second-order valence-corrected chi connectivity index (χ2v) is 7.74. The van der Waals surface area contributed by atoms with Gasteiger partial charge in [0.1, 0.15) is 0 Å². The Hall–Kier alpha value is -3.39. The lowest BCUT2D eigenvalue weighted by Gasteiger charge is -2.11. The topological polar surface area (TPSA) is 88.9 Å². The van der Waals surface area contributed by atoms with E-state index in [0.717, 1.165) is 17.0 Å². The number of benzene rings is 2. The van der Waals surface area contributed by atoms with Crippen molar-refractivity contribution in [2.24, 2.45) is 0 Å². The number of amides is 2. The Morgan fingerprint density at radius 2 is 1.97 bits per heavy atom. The van der Waals surface area contributed by atoms with Gasteiger partial charge < -0.3 is 15.2 Å². The number of nitrogens with one attached hydrogen (secondary N) is 2. The van der Waals surface area contributed by atoms with E-state index in [4.69, 9.17) is 0 Å². The van der Waals surface area contributed by atoms with Gasteiger partial charge in [-0.2, -0.15) is 0 Å². The van der Waals surface area contributed by atoms with Gasteiger partial charge in [-0.05, 0) is 32.0 Å². The van der Waals surface area contributed by atoms with Crippen LogP contribution in [0.15, 0.2) is 66.3 Å². The highest BCUT2D eigenvalue weighted by Gasteiger charge is 2.16. The molecular formula is C23H25N5O2S. The van der Waals surface area contributed by atoms with Crippen molar-refractivity contribution in [2.45, 2.75) is 25.5 Å². The van der Waals surface area contributed by atoms with Gasteiger partial charge in [-0.3, -0.25) is 9.59 Å². The summed E-state index contributed by atoms with van der Waals surface area (Å²) in [6.07, 6.45) is 1.60. The van der Waals surface area contributed by atoms with E-state index < -0.39 is 0 Å². The van der Waals surface area contributed by atoms with Crippen LogP contribution in [0.25, 0.3) is 11.4 Å². The number of anilines is 1. The lowest BCUT2D eigenvalue weighted by molar-refractivity contribution is -0.113. The normalized spacial score (nSPS) is 10.5. The zero-order valence-electron chi connectivity index (χ0n) is 17.6. The summed E-state index contributed by atoms with van der Waals surface area (Å²) in [4.78, 5) is 24.9. The van der Waals surface area contributed by atoms with Crippen molar-refractivity contribution in [3.63, 3.8) is 0 Å². The first-order valence-corrected chi connectivity index (χ1v) is 10.9. The first-order chi connectivity index (χ1) is 15.0. The zero-order valence-corrected chi connectivity index (χ0v) is 18.4. The molecule has 3 aromatic rings. The van der Waals surface area contributed by atoms with E-state index >= 15 is 0 Å². The van der Waals surface area contributed by atoms with Crippen LogP contribution in [-0.4, -0.2) is 38.9 Å². The van der Waals surface area contributed by atoms with Gasteiger partial charge in [-0.1, -0.05) is 53.7 Å². The molecule has 1 heterocycles. The van der Waals surface area contributed by atoms with Gasteiger partial charge in [0.15, 0.2) is 11.0 Å². The third kappa shape index (κ3) is 5.61. The molecule has 160 valence electrons. The molecule has 0 aliphatic heterocycles. The first-order valence-electron chi connectivity index (χ1n) is 9.94. The summed E-state index contributed by atoms with van der Waals surface area (Å²) < 4.78 is 1.99. The van der Waals surface area contributed by atoms with Crippen LogP contribution in [0.5, 0.6) is 0 Å². The van der Waals surface area contributed by atoms with Gasteiger partial charge >= 0.3 is 0 Å². The second kappa shape index (κ2) is 10.6. The maximum atomic E-state index is 12.6. The van der Waals surface area contributed by atoms with Crippen molar-refractivity contribution >= 4 is 29.3 Å². The Bertz CT molecular complexity index is 1090. The summed E-state index contributed by atoms with van der Waals surface area (Å²) in [5, 5.41) is 14.8. The fourth-order valence-corrected chi connectivity index (χ4v) is 3.85. The third-order valence-electron chi connectivity index (χ3n) is 4.49. The number of thioether (sulfide) groups is 1. The van der Waals surface area contributed by atoms with Crippen molar-refractivity contribution in [3.05, 3.63) is 72.3 Å². The molecular weight excluding hydrogens is 410 g/mol. The summed E-state index contributed by atoms with van der Waals surface area (Å²) in [6.45, 7) is 8.68. The fourth-order valence-electron chi connectivity index (χ4n) is 3.04. The molecule has 0 fully saturated rings. The molecule has 0 aliphatic carbocycles. The van der Waals surface area contributed by atoms with E-state index in [-0.39, 0.29) is 17.6 Å². The molecule has 31 heavy (non-hydrogen) atoms. The molecule has 0 saturated heterocycles. The molecule has 2 N–H and O–H groups in total. The van der Waals surface area contributed by atoms with Crippen LogP contribution >= 0.6 is 11.8 Å². The van der Waals surface area contributed by atoms with E-state index in [9.17, 15) is 9.59 Å². The lowest BCUT2D eigenvalue weighted by Crippen LogP contribution is -2.25. The Morgan fingerprint density at radius 3 is 2.71 bits per heavy atom. The van der Waals surface area contributed by atoms with Crippen molar-refractivity contribution in [1.82, 2.24) is 20.1 Å². The molecule has 0 bridgehead atoms. The van der Waals surface area contributed by atoms with Crippen molar-refractivity contribution in [2.75, 3.05) is 17.6 Å². The van der Waals surface area contributed by atoms with Crippen molar-refractivity contribution in [3.8, 4) is 11.4 Å². The van der Waals surface area contributed by atoms with Crippen molar-refractivity contribution in [1.29, 1.82) is 0 Å². The molecule has 8 heteroatoms. The van der Waals surface area contributed by atoms with Crippen LogP contribution in [-0.2, 0) is 11.3 Å². The van der Waals surface area contributed by atoms with Crippen LogP contribution < -0.4 is 10.6 Å². The van der Waals surface area contributed by atoms with Crippen LogP contribution in [0.3, 0.4) is 0 Å². The molecule has 0 spiro atoms. The van der Waals surface area contributed by atoms with Gasteiger partial charge in [0.05, 0.1) is 17.0 Å². The number of hydrogen-bond donors (Lipinski definition) is 2. The minimum absolute atomic E-state index is 0.147. The molecule has 1 aromatic heterocycles. The van der Waals surface area contributed by atoms with E-state index in [1.165, 1.54) is 11.8 Å². The molecule has 7 nitrogen and oxygen atoms in total. The minimum Gasteiger partial charge on any atom is -0.349 e. The van der Waals surface area contributed by atoms with Gasteiger partial charge in [0.25, 0.3) is 5.91 Å². The first kappa shape index (κ1) is 22.3. The minimum atomic E-state index is -0.267. The second-order valence-electron chi connectivity index (χ2n) is 6.80. The molecule has 0 aliphatic rings. The van der Waals surface area contributed by atoms with Crippen LogP contribution in [0.4, 0.5) is 5.69 Å². The highest BCUT2D eigenvalue weighted by Crippen LogP contribution is 2.25. The maximum Gasteiger partial charge on any atom is 0.253 e. The summed E-state index contributed by atoms with van der Waals surface area (Å²) >= 11 is 1.31. The SMILES string of the molecule is C=CCNC(=O)c1ccccc1NC(=O)CSc1nnc(-c2cccc(C)c2)n1CC. The highest BCUT2D eigenvalue weighted by molar-refractivity contribution is 7.99. The van der Waals surface area contributed by atoms with Crippen LogP contribution in [0.1, 0.15) is 22.8 Å². The highest BCUT2D eigenvalue weighted by atomic mass is 32.2. The molecule has 0 atom stereocenters. The number of para-hydroxylation sites is 1. The summed E-state index contributed by atoms with van der Waals surface area (Å²) in [5.41, 5.74) is 3.01. The average Bonchev–Trinajstić information content (AvgIpc) is 3.19. The number of aryl methyl sites for hydroxylation is 1. The Balaban J connectivity index is 1.68. The Labute approximate surface area is 186 Å². The summed E-state index contributed by atoms with van der Waals surface area (Å²) in [6, 6.07) is 15.0. The number of rotatable bonds is 9. The molecule has 0 radical (unpaired) electrons. The van der Waals surface area contributed by atoms with Gasteiger partial charge in [-0.15, -0.1) is 16.8 Å². The molecule has 2 aromatic carbocycles. The molecule has 0 unspecified atom stereocenters. The monoisotopic (exact) mass is 435 g/mol. The van der Waals surface area contributed by atoms with Gasteiger partial charge in [0.2, 0.25) is 5.91 Å². The summed E-state index contributed by atoms with van der Waals surface area (Å²) in [5.74, 6) is 0.432. The predicted molar refractivity (Wildman–Crippen MR) is 124 cm³/mol. The van der Waals surface area contributed by atoms with Crippen LogP contribution in [0.2, 0.25) is 0 Å². The summed E-state index contributed by atoms with van der Waals surface area (Å²) in [7, 11) is 0. The fraction of sp³-hybridized carbons (Fsp3) is 0.217. The average molecular weight is 436 g/mol. The number of hydrogen-bond acceptors (Lipinski definition) is 5. The number of nitrogens with zero attached hydrogens (tertiary/aromatic N) is 3. The lowest BCUT2D eigenvalue weighted by atomic mass is 10.1. The van der Waals surface area contributed by atoms with Crippen molar-refractivity contribution < 1.29 is 9.59 Å². The van der Waals surface area contributed by atoms with Crippen LogP contribution in [0, 0.1) is 6.92 Å². The number of carbonyl (C=O) groups is 2. The van der Waals surface area contributed by atoms with Gasteiger partial charge in [0, 0.05) is 18.7 Å². The molecule has 3 rings (SSSR count). The molecule has 2 amide bonds. The van der Waals surface area contributed by atoms with E-state index in [2.05, 4.69) is 33.5 Å². The largest absolute Gasteiger partial charge is 0.349 e. The van der Waals surface area contributed by atoms with E-state index in [1.54, 1.807) is 30.3 Å². The molecule has 0 saturated carbocycles. The van der Waals surface area contributed by atoms with E-state index in [1.807, 2.05) is 36.6 Å².